The van der Waals surface area contributed by atoms with Gasteiger partial charge in [0, 0.05) is 63.8 Å². The van der Waals surface area contributed by atoms with Gasteiger partial charge in [0.05, 0.1) is 0 Å². The van der Waals surface area contributed by atoms with Gasteiger partial charge in [0.25, 0.3) is 0 Å². The van der Waals surface area contributed by atoms with Crippen molar-refractivity contribution in [2.45, 2.75) is 45.1 Å². The maximum atomic E-state index is 12.9. The molecule has 2 aliphatic heterocycles. The number of nitrogens with one attached hydrogen (secondary N) is 1. The van der Waals surface area contributed by atoms with Crippen molar-refractivity contribution in [3.8, 4) is 0 Å². The van der Waals surface area contributed by atoms with Crippen LogP contribution in [0.5, 0.6) is 0 Å². The summed E-state index contributed by atoms with van der Waals surface area (Å²) in [4.78, 5) is 11.9. The van der Waals surface area contributed by atoms with E-state index in [0.29, 0.717) is 32.2 Å². The molecule has 0 aliphatic carbocycles. The number of fused-ring (bicyclic) bond motifs is 1. The van der Waals surface area contributed by atoms with Crippen molar-refractivity contribution in [1.29, 1.82) is 0 Å². The number of hydrogen-bond donors (Lipinski definition) is 1. The van der Waals surface area contributed by atoms with Crippen molar-refractivity contribution in [2.24, 2.45) is 4.99 Å². The number of halogens is 4. The Hall–Kier alpha value is -0.590. The highest BCUT2D eigenvalue weighted by Crippen LogP contribution is 2.26. The zero-order valence-electron chi connectivity index (χ0n) is 17.2. The summed E-state index contributed by atoms with van der Waals surface area (Å²) in [6.45, 7) is 8.14. The van der Waals surface area contributed by atoms with Crippen LogP contribution in [0.2, 0.25) is 0 Å². The van der Waals surface area contributed by atoms with Crippen molar-refractivity contribution < 1.29 is 13.2 Å². The Morgan fingerprint density at radius 1 is 1.17 bits per heavy atom. The number of aliphatic imine (C=N–C) groups is 1. The third kappa shape index (κ3) is 6.20. The number of hydrogen-bond acceptors (Lipinski definition) is 4. The number of piperazine rings is 1. The Kier molecular flexibility index (Phi) is 9.05. The van der Waals surface area contributed by atoms with Crippen LogP contribution >= 0.6 is 35.3 Å². The van der Waals surface area contributed by atoms with Crippen LogP contribution in [0.25, 0.3) is 0 Å². The van der Waals surface area contributed by atoms with Gasteiger partial charge in [0.1, 0.15) is 6.04 Å². The van der Waals surface area contributed by atoms with Crippen LogP contribution < -0.4 is 5.32 Å². The van der Waals surface area contributed by atoms with Crippen LogP contribution in [0, 0.1) is 0 Å². The molecule has 1 fully saturated rings. The molecular weight excluding hydrogens is 514 g/mol. The van der Waals surface area contributed by atoms with E-state index in [0.717, 1.165) is 32.0 Å². The van der Waals surface area contributed by atoms with Gasteiger partial charge in [-0.2, -0.15) is 13.2 Å². The predicted octanol–water partition coefficient (Wildman–Crippen LogP) is 3.26. The molecule has 29 heavy (non-hydrogen) atoms. The Labute approximate surface area is 192 Å². The smallest absolute Gasteiger partial charge is 0.355 e. The first-order valence-electron chi connectivity index (χ1n) is 9.85. The lowest BCUT2D eigenvalue weighted by Crippen LogP contribution is -2.57. The summed E-state index contributed by atoms with van der Waals surface area (Å²) in [5.74, 6) is 0.777. The normalized spacial score (nSPS) is 21.3. The predicted molar refractivity (Wildman–Crippen MR) is 123 cm³/mol. The summed E-state index contributed by atoms with van der Waals surface area (Å²) in [6.07, 6.45) is -3.07. The van der Waals surface area contributed by atoms with Gasteiger partial charge >= 0.3 is 6.18 Å². The van der Waals surface area contributed by atoms with E-state index in [9.17, 15) is 13.2 Å². The van der Waals surface area contributed by atoms with Crippen molar-refractivity contribution in [1.82, 2.24) is 20.0 Å². The second kappa shape index (κ2) is 10.6. The van der Waals surface area contributed by atoms with Crippen LogP contribution in [0.4, 0.5) is 13.2 Å². The summed E-state index contributed by atoms with van der Waals surface area (Å²) >= 11 is 1.84. The number of alkyl halides is 3. The molecule has 0 saturated carbocycles. The largest absolute Gasteiger partial charge is 0.403 e. The Bertz CT molecular complexity index is 673. The average Bonchev–Trinajstić information content (AvgIpc) is 3.15. The van der Waals surface area contributed by atoms with E-state index in [4.69, 9.17) is 0 Å². The van der Waals surface area contributed by atoms with E-state index < -0.39 is 12.2 Å². The first-order valence-corrected chi connectivity index (χ1v) is 10.7. The molecule has 3 heterocycles. The maximum Gasteiger partial charge on any atom is 0.403 e. The molecule has 10 heteroatoms. The second-order valence-electron chi connectivity index (χ2n) is 7.61. The summed E-state index contributed by atoms with van der Waals surface area (Å²) in [7, 11) is 1.73. The zero-order chi connectivity index (χ0) is 20.3. The second-order valence-corrected chi connectivity index (χ2v) is 8.61. The van der Waals surface area contributed by atoms with Crippen LogP contribution in [0.1, 0.15) is 24.3 Å². The zero-order valence-corrected chi connectivity index (χ0v) is 20.4. The summed E-state index contributed by atoms with van der Waals surface area (Å²) in [5, 5.41) is 5.59. The van der Waals surface area contributed by atoms with Gasteiger partial charge in [0.15, 0.2) is 5.96 Å². The molecule has 5 nitrogen and oxygen atoms in total. The molecule has 1 N–H and O–H groups in total. The van der Waals surface area contributed by atoms with Crippen molar-refractivity contribution >= 4 is 41.3 Å². The molecule has 0 radical (unpaired) electrons. The fourth-order valence-electron chi connectivity index (χ4n) is 3.87. The minimum atomic E-state index is -4.17. The van der Waals surface area contributed by atoms with Gasteiger partial charge in [-0.25, -0.2) is 0 Å². The van der Waals surface area contributed by atoms with Gasteiger partial charge in [-0.3, -0.25) is 14.8 Å². The van der Waals surface area contributed by atoms with Crippen LogP contribution in [-0.4, -0.2) is 85.2 Å². The number of rotatable bonds is 4. The first-order chi connectivity index (χ1) is 13.3. The number of guanidine groups is 1. The number of thiophene rings is 1. The van der Waals surface area contributed by atoms with Crippen molar-refractivity contribution in [3.05, 3.63) is 21.9 Å². The molecule has 0 bridgehead atoms. The average molecular weight is 545 g/mol. The summed E-state index contributed by atoms with van der Waals surface area (Å²) in [5.41, 5.74) is 1.43. The van der Waals surface area contributed by atoms with E-state index >= 15 is 0 Å². The van der Waals surface area contributed by atoms with Gasteiger partial charge in [0.2, 0.25) is 0 Å². The molecular formula is C19H31F3IN5S. The van der Waals surface area contributed by atoms with Crippen molar-refractivity contribution in [3.63, 3.8) is 0 Å². The molecule has 2 atom stereocenters. The van der Waals surface area contributed by atoms with Gasteiger partial charge in [-0.15, -0.1) is 35.3 Å². The molecule has 0 aromatic carbocycles. The molecule has 0 spiro atoms. The third-order valence-corrected chi connectivity index (χ3v) is 6.89. The van der Waals surface area contributed by atoms with Crippen LogP contribution in [0.15, 0.2) is 16.4 Å². The number of nitrogens with zero attached hydrogens (tertiary/aromatic N) is 4. The van der Waals surface area contributed by atoms with Gasteiger partial charge < -0.3 is 10.2 Å². The Balaban J connectivity index is 0.00000300. The highest BCUT2D eigenvalue weighted by Gasteiger charge is 2.41. The highest BCUT2D eigenvalue weighted by atomic mass is 127. The standard InChI is InChI=1S/C19H30F3N5S.HI/c1-14(27-6-4-17-16(13-27)5-11-28-17)12-24-18(23-3)26-9-7-25(8-10-26)15(2)19(20,21)22;/h5,11,14-15H,4,6-10,12-13H2,1-3H3,(H,23,24);1H. The molecule has 3 rings (SSSR count). The summed E-state index contributed by atoms with van der Waals surface area (Å²) in [6, 6.07) is 1.18. The Morgan fingerprint density at radius 2 is 1.86 bits per heavy atom. The molecule has 1 aromatic rings. The monoisotopic (exact) mass is 545 g/mol. The molecule has 166 valence electrons. The lowest BCUT2D eigenvalue weighted by molar-refractivity contribution is -0.181. The lowest BCUT2D eigenvalue weighted by atomic mass is 10.1. The fourth-order valence-corrected chi connectivity index (χ4v) is 4.76. The van der Waals surface area contributed by atoms with E-state index in [1.807, 2.05) is 11.3 Å². The van der Waals surface area contributed by atoms with E-state index in [2.05, 4.69) is 38.5 Å². The molecule has 1 saturated heterocycles. The van der Waals surface area contributed by atoms with Gasteiger partial charge in [-0.05, 0) is 37.3 Å². The minimum absolute atomic E-state index is 0. The van der Waals surface area contributed by atoms with Crippen molar-refractivity contribution in [2.75, 3.05) is 46.3 Å². The topological polar surface area (TPSA) is 34.1 Å². The maximum absolute atomic E-state index is 12.9. The minimum Gasteiger partial charge on any atom is -0.355 e. The van der Waals surface area contributed by atoms with E-state index in [1.165, 1.54) is 22.3 Å². The SMILES string of the molecule is CN=C(NCC(C)N1CCc2sccc2C1)N1CCN(C(C)C(F)(F)F)CC1.I. The van der Waals surface area contributed by atoms with Gasteiger partial charge in [-0.1, -0.05) is 0 Å². The highest BCUT2D eigenvalue weighted by molar-refractivity contribution is 14.0. The molecule has 1 aromatic heterocycles. The van der Waals surface area contributed by atoms with E-state index in [-0.39, 0.29) is 24.0 Å². The Morgan fingerprint density at radius 3 is 2.48 bits per heavy atom. The fraction of sp³-hybridized carbons (Fsp3) is 0.737. The van der Waals surface area contributed by atoms with Crippen LogP contribution in [0.3, 0.4) is 0 Å². The first kappa shape index (κ1) is 24.7. The molecule has 2 aliphatic rings. The molecule has 0 amide bonds. The third-order valence-electron chi connectivity index (χ3n) is 5.86. The van der Waals surface area contributed by atoms with Crippen LogP contribution in [-0.2, 0) is 13.0 Å². The summed E-state index contributed by atoms with van der Waals surface area (Å²) < 4.78 is 38.8. The molecule has 2 unspecified atom stereocenters. The quantitative estimate of drug-likeness (QED) is 0.358. The lowest BCUT2D eigenvalue weighted by Gasteiger charge is -2.40. The van der Waals surface area contributed by atoms with E-state index in [1.54, 1.807) is 7.05 Å².